The zero-order chi connectivity index (χ0) is 13.3. The Morgan fingerprint density at radius 3 is 2.78 bits per heavy atom. The quantitative estimate of drug-likeness (QED) is 0.880. The van der Waals surface area contributed by atoms with E-state index in [-0.39, 0.29) is 16.4 Å². The summed E-state index contributed by atoms with van der Waals surface area (Å²) in [6.45, 7) is 0.160. The van der Waals surface area contributed by atoms with Crippen molar-refractivity contribution in [2.24, 2.45) is 0 Å². The van der Waals surface area contributed by atoms with Gasteiger partial charge in [-0.1, -0.05) is 11.6 Å². The highest BCUT2D eigenvalue weighted by atomic mass is 35.5. The van der Waals surface area contributed by atoms with Crippen LogP contribution in [0.15, 0.2) is 27.9 Å². The zero-order valence-electron chi connectivity index (χ0n) is 8.84. The number of H-pyrrole nitrogens is 1. The summed E-state index contributed by atoms with van der Waals surface area (Å²) >= 11 is 6.67. The fraction of sp³-hybridized carbons (Fsp3) is 0.100. The molecule has 0 atom stereocenters. The SMILES string of the molecule is O=C(O)c1ccc(Cn2cc(Cl)c(=O)[nH]c2=O)s1. The molecule has 0 unspecified atom stereocenters. The fourth-order valence-electron chi connectivity index (χ4n) is 1.35. The van der Waals surface area contributed by atoms with Gasteiger partial charge in [-0.3, -0.25) is 14.3 Å². The number of halogens is 1. The molecule has 0 amide bonds. The molecule has 0 saturated heterocycles. The van der Waals surface area contributed by atoms with Crippen LogP contribution in [0.1, 0.15) is 14.5 Å². The number of aromatic carboxylic acids is 1. The molecule has 0 aliphatic carbocycles. The Bertz CT molecular complexity index is 715. The second-order valence-corrected chi connectivity index (χ2v) is 5.01. The van der Waals surface area contributed by atoms with E-state index in [1.165, 1.54) is 16.8 Å². The molecule has 6 nitrogen and oxygen atoms in total. The van der Waals surface area contributed by atoms with Crippen LogP contribution in [0.5, 0.6) is 0 Å². The minimum absolute atomic E-state index is 0.0929. The first-order valence-corrected chi connectivity index (χ1v) is 5.98. The summed E-state index contributed by atoms with van der Waals surface area (Å²) in [6.07, 6.45) is 1.23. The number of carboxylic acids is 1. The van der Waals surface area contributed by atoms with E-state index in [4.69, 9.17) is 16.7 Å². The lowest BCUT2D eigenvalue weighted by Gasteiger charge is -2.02. The molecular formula is C10H7ClN2O4S. The minimum atomic E-state index is -1.02. The van der Waals surface area contributed by atoms with Crippen LogP contribution < -0.4 is 11.2 Å². The van der Waals surface area contributed by atoms with Crippen LogP contribution in [0, 0.1) is 0 Å². The third-order valence-electron chi connectivity index (χ3n) is 2.17. The van der Waals surface area contributed by atoms with Crippen molar-refractivity contribution in [1.82, 2.24) is 9.55 Å². The molecule has 0 spiro atoms. The van der Waals surface area contributed by atoms with Gasteiger partial charge in [0.25, 0.3) is 5.56 Å². The summed E-state index contributed by atoms with van der Waals surface area (Å²) in [5.41, 5.74) is -1.23. The second-order valence-electron chi connectivity index (χ2n) is 3.44. The summed E-state index contributed by atoms with van der Waals surface area (Å²) < 4.78 is 1.21. The average molecular weight is 287 g/mol. The van der Waals surface area contributed by atoms with Crippen molar-refractivity contribution in [3.63, 3.8) is 0 Å². The summed E-state index contributed by atoms with van der Waals surface area (Å²) in [6, 6.07) is 3.07. The first-order valence-electron chi connectivity index (χ1n) is 4.78. The van der Waals surface area contributed by atoms with Crippen LogP contribution in [0.4, 0.5) is 0 Å². The molecule has 0 aromatic carbocycles. The highest BCUT2D eigenvalue weighted by molar-refractivity contribution is 7.13. The molecule has 2 heterocycles. The maximum atomic E-state index is 11.5. The van der Waals surface area contributed by atoms with E-state index in [1.807, 2.05) is 0 Å². The number of rotatable bonds is 3. The molecule has 2 aromatic heterocycles. The van der Waals surface area contributed by atoms with Gasteiger partial charge in [0.15, 0.2) is 0 Å². The van der Waals surface area contributed by atoms with Crippen molar-refractivity contribution in [2.45, 2.75) is 6.54 Å². The smallest absolute Gasteiger partial charge is 0.345 e. The molecule has 2 rings (SSSR count). The number of nitrogens with one attached hydrogen (secondary N) is 1. The lowest BCUT2D eigenvalue weighted by Crippen LogP contribution is -2.29. The van der Waals surface area contributed by atoms with Crippen molar-refractivity contribution >= 4 is 28.9 Å². The molecule has 0 saturated carbocycles. The number of carboxylic acid groups (broad SMARTS) is 1. The van der Waals surface area contributed by atoms with Crippen LogP contribution in [0.2, 0.25) is 5.02 Å². The van der Waals surface area contributed by atoms with Crippen molar-refractivity contribution < 1.29 is 9.90 Å². The maximum Gasteiger partial charge on any atom is 0.345 e. The normalized spacial score (nSPS) is 10.5. The van der Waals surface area contributed by atoms with Gasteiger partial charge in [-0.05, 0) is 12.1 Å². The van der Waals surface area contributed by atoms with Crippen molar-refractivity contribution in [2.75, 3.05) is 0 Å². The van der Waals surface area contributed by atoms with Gasteiger partial charge in [-0.25, -0.2) is 9.59 Å². The highest BCUT2D eigenvalue weighted by Gasteiger charge is 2.08. The van der Waals surface area contributed by atoms with Crippen molar-refractivity contribution in [3.05, 3.63) is 53.9 Å². The van der Waals surface area contributed by atoms with Gasteiger partial charge in [0.05, 0.1) is 6.54 Å². The number of thiophene rings is 1. The topological polar surface area (TPSA) is 92.2 Å². The van der Waals surface area contributed by atoms with Gasteiger partial charge in [-0.2, -0.15) is 0 Å². The lowest BCUT2D eigenvalue weighted by atomic mass is 10.4. The third-order valence-corrected chi connectivity index (χ3v) is 3.49. The summed E-state index contributed by atoms with van der Waals surface area (Å²) in [4.78, 5) is 36.2. The number of nitrogens with zero attached hydrogens (tertiary/aromatic N) is 1. The third kappa shape index (κ3) is 2.52. The largest absolute Gasteiger partial charge is 0.477 e. The van der Waals surface area contributed by atoms with Gasteiger partial charge in [0, 0.05) is 11.1 Å². The summed E-state index contributed by atoms with van der Waals surface area (Å²) in [5.74, 6) is -1.02. The van der Waals surface area contributed by atoms with E-state index in [1.54, 1.807) is 6.07 Å². The van der Waals surface area contributed by atoms with Crippen molar-refractivity contribution in [3.8, 4) is 0 Å². The standard InChI is InChI=1S/C10H7ClN2O4S/c11-6-4-13(10(17)12-8(6)14)3-5-1-2-7(18-5)9(15)16/h1-2,4H,3H2,(H,15,16)(H,12,14,17). The van der Waals surface area contributed by atoms with Crippen LogP contribution in [-0.2, 0) is 6.54 Å². The first-order chi connectivity index (χ1) is 8.47. The fourth-order valence-corrected chi connectivity index (χ4v) is 2.36. The molecule has 18 heavy (non-hydrogen) atoms. The molecule has 2 N–H and O–H groups in total. The molecule has 0 aliphatic rings. The van der Waals surface area contributed by atoms with E-state index < -0.39 is 17.2 Å². The van der Waals surface area contributed by atoms with Gasteiger partial charge in [-0.15, -0.1) is 11.3 Å². The number of aromatic nitrogens is 2. The van der Waals surface area contributed by atoms with Crippen LogP contribution >= 0.6 is 22.9 Å². The van der Waals surface area contributed by atoms with E-state index in [0.29, 0.717) is 4.88 Å². The summed E-state index contributed by atoms with van der Waals surface area (Å²) in [7, 11) is 0. The first kappa shape index (κ1) is 12.6. The van der Waals surface area contributed by atoms with E-state index in [9.17, 15) is 14.4 Å². The van der Waals surface area contributed by atoms with E-state index in [2.05, 4.69) is 4.98 Å². The van der Waals surface area contributed by atoms with Gasteiger partial charge < -0.3 is 5.11 Å². The molecule has 94 valence electrons. The Balaban J connectivity index is 2.34. The maximum absolute atomic E-state index is 11.5. The Labute approximate surface area is 109 Å². The Kier molecular flexibility index (Phi) is 3.35. The number of hydrogen-bond donors (Lipinski definition) is 2. The number of aromatic amines is 1. The molecular weight excluding hydrogens is 280 g/mol. The Morgan fingerprint density at radius 2 is 2.17 bits per heavy atom. The van der Waals surface area contributed by atoms with Crippen LogP contribution in [0.25, 0.3) is 0 Å². The Morgan fingerprint density at radius 1 is 1.44 bits per heavy atom. The van der Waals surface area contributed by atoms with E-state index in [0.717, 1.165) is 11.3 Å². The van der Waals surface area contributed by atoms with Crippen LogP contribution in [-0.4, -0.2) is 20.6 Å². The molecule has 0 radical (unpaired) electrons. The Hall–Kier alpha value is -1.86. The predicted molar refractivity (Wildman–Crippen MR) is 66.7 cm³/mol. The summed E-state index contributed by atoms with van der Waals surface area (Å²) in [5, 5.41) is 8.68. The number of carbonyl (C=O) groups is 1. The molecule has 2 aromatic rings. The predicted octanol–water partition coefficient (Wildman–Crippen LogP) is 0.998. The van der Waals surface area contributed by atoms with E-state index >= 15 is 0 Å². The molecule has 0 aliphatic heterocycles. The highest BCUT2D eigenvalue weighted by Crippen LogP contribution is 2.17. The monoisotopic (exact) mass is 286 g/mol. The van der Waals surface area contributed by atoms with Gasteiger partial charge >= 0.3 is 11.7 Å². The zero-order valence-corrected chi connectivity index (χ0v) is 10.4. The van der Waals surface area contributed by atoms with Gasteiger partial charge in [0.1, 0.15) is 9.90 Å². The molecule has 0 bridgehead atoms. The van der Waals surface area contributed by atoms with Crippen molar-refractivity contribution in [1.29, 1.82) is 0 Å². The van der Waals surface area contributed by atoms with Crippen LogP contribution in [0.3, 0.4) is 0 Å². The minimum Gasteiger partial charge on any atom is -0.477 e. The second kappa shape index (κ2) is 4.79. The molecule has 8 heteroatoms. The average Bonchev–Trinajstić information content (AvgIpc) is 2.74. The number of hydrogen-bond acceptors (Lipinski definition) is 4. The van der Waals surface area contributed by atoms with Gasteiger partial charge in [0.2, 0.25) is 0 Å². The molecule has 0 fully saturated rings. The lowest BCUT2D eigenvalue weighted by molar-refractivity contribution is 0.0702.